The highest BCUT2D eigenvalue weighted by Gasteiger charge is 2.13. The van der Waals surface area contributed by atoms with Crippen molar-refractivity contribution in [3.63, 3.8) is 0 Å². The van der Waals surface area contributed by atoms with Crippen molar-refractivity contribution in [3.8, 4) is 0 Å². The fraction of sp³-hybridized carbons (Fsp3) is 0.400. The largest absolute Gasteiger partial charge is 0.375 e. The van der Waals surface area contributed by atoms with E-state index in [2.05, 4.69) is 25.7 Å². The van der Waals surface area contributed by atoms with E-state index in [9.17, 15) is 4.39 Å². The highest BCUT2D eigenvalue weighted by molar-refractivity contribution is 7.09. The fourth-order valence-electron chi connectivity index (χ4n) is 3.06. The van der Waals surface area contributed by atoms with Gasteiger partial charge in [0.15, 0.2) is 5.96 Å². The Morgan fingerprint density at radius 2 is 2.29 bits per heavy atom. The third-order valence-corrected chi connectivity index (χ3v) is 5.70. The summed E-state index contributed by atoms with van der Waals surface area (Å²) in [6.07, 6.45) is 2.75. The van der Waals surface area contributed by atoms with Gasteiger partial charge in [0.2, 0.25) is 0 Å². The first-order valence-electron chi connectivity index (χ1n) is 9.16. The van der Waals surface area contributed by atoms with E-state index in [0.717, 1.165) is 46.1 Å². The number of methoxy groups -OCH3 is 1. The molecule has 8 heteroatoms. The predicted octanol–water partition coefficient (Wildman–Crippen LogP) is 3.72. The van der Waals surface area contributed by atoms with E-state index < -0.39 is 0 Å². The number of fused-ring (bicyclic) bond motifs is 1. The molecule has 1 atom stereocenters. The summed E-state index contributed by atoms with van der Waals surface area (Å²) in [4.78, 5) is 14.2. The lowest BCUT2D eigenvalue weighted by Crippen LogP contribution is -2.39. The molecule has 28 heavy (non-hydrogen) atoms. The average Bonchev–Trinajstić information content (AvgIpc) is 3.31. The maximum absolute atomic E-state index is 13.3. The molecule has 0 radical (unpaired) electrons. The van der Waals surface area contributed by atoms with Crippen molar-refractivity contribution >= 4 is 28.2 Å². The Hall–Kier alpha value is -2.45. The van der Waals surface area contributed by atoms with E-state index in [1.165, 1.54) is 12.1 Å². The minimum Gasteiger partial charge on any atom is -0.375 e. The van der Waals surface area contributed by atoms with Crippen LogP contribution in [0.15, 0.2) is 34.8 Å². The van der Waals surface area contributed by atoms with Gasteiger partial charge in [-0.05, 0) is 37.1 Å². The molecule has 0 saturated carbocycles. The molecule has 3 rings (SSSR count). The van der Waals surface area contributed by atoms with E-state index in [1.54, 1.807) is 25.5 Å². The highest BCUT2D eigenvalue weighted by atomic mass is 32.1. The molecule has 1 unspecified atom stereocenters. The number of halogens is 1. The third-order valence-electron chi connectivity index (χ3n) is 4.65. The van der Waals surface area contributed by atoms with E-state index in [4.69, 9.17) is 4.74 Å². The second kappa shape index (κ2) is 9.16. The van der Waals surface area contributed by atoms with Crippen LogP contribution in [0.1, 0.15) is 29.3 Å². The van der Waals surface area contributed by atoms with Crippen LogP contribution in [-0.2, 0) is 17.7 Å². The van der Waals surface area contributed by atoms with Crippen molar-refractivity contribution in [2.75, 3.05) is 27.7 Å². The van der Waals surface area contributed by atoms with E-state index >= 15 is 0 Å². The first kappa shape index (κ1) is 20.3. The first-order valence-corrected chi connectivity index (χ1v) is 10.0. The molecular weight excluding hydrogens is 377 g/mol. The van der Waals surface area contributed by atoms with E-state index in [1.807, 2.05) is 31.1 Å². The van der Waals surface area contributed by atoms with Gasteiger partial charge in [0.25, 0.3) is 0 Å². The van der Waals surface area contributed by atoms with Gasteiger partial charge >= 0.3 is 0 Å². The number of hydrogen-bond acceptors (Lipinski definition) is 4. The Labute approximate surface area is 168 Å². The molecule has 150 valence electrons. The van der Waals surface area contributed by atoms with Crippen LogP contribution in [0, 0.1) is 5.82 Å². The second-order valence-corrected chi connectivity index (χ2v) is 7.53. The summed E-state index contributed by atoms with van der Waals surface area (Å²) in [5, 5.41) is 7.47. The monoisotopic (exact) mass is 403 g/mol. The molecule has 6 nitrogen and oxygen atoms in total. The van der Waals surface area contributed by atoms with Gasteiger partial charge in [0.1, 0.15) is 16.9 Å². The molecule has 0 aliphatic heterocycles. The number of aromatic nitrogens is 2. The summed E-state index contributed by atoms with van der Waals surface area (Å²) in [6, 6.07) is 4.83. The van der Waals surface area contributed by atoms with Gasteiger partial charge in [0.05, 0.1) is 12.2 Å². The van der Waals surface area contributed by atoms with Gasteiger partial charge in [0, 0.05) is 50.2 Å². The SMILES string of the molecule is CN=C(NCCc1c[nH]c2cc(F)ccc12)N(C)Cc1csc(C(C)OC)n1. The normalized spacial score (nSPS) is 13.1. The maximum atomic E-state index is 13.3. The van der Waals surface area contributed by atoms with Gasteiger partial charge in [-0.2, -0.15) is 0 Å². The molecule has 0 spiro atoms. The lowest BCUT2D eigenvalue weighted by molar-refractivity contribution is 0.119. The second-order valence-electron chi connectivity index (χ2n) is 6.64. The maximum Gasteiger partial charge on any atom is 0.193 e. The summed E-state index contributed by atoms with van der Waals surface area (Å²) in [6.45, 7) is 3.38. The number of benzene rings is 1. The Kier molecular flexibility index (Phi) is 6.64. The summed E-state index contributed by atoms with van der Waals surface area (Å²) in [5.41, 5.74) is 2.97. The van der Waals surface area contributed by atoms with Crippen molar-refractivity contribution < 1.29 is 9.13 Å². The number of aliphatic imine (C=N–C) groups is 1. The van der Waals surface area contributed by atoms with Crippen molar-refractivity contribution in [2.24, 2.45) is 4.99 Å². The smallest absolute Gasteiger partial charge is 0.193 e. The standard InChI is InChI=1S/C20H26FN5OS/c1-13(27-4)19-25-16(12-28-19)11-26(3)20(22-2)23-8-7-14-10-24-18-9-15(21)5-6-17(14)18/h5-6,9-10,12-13,24H,7-8,11H2,1-4H3,(H,22,23). The minimum atomic E-state index is -0.230. The number of H-pyrrole nitrogens is 1. The molecule has 2 N–H and O–H groups in total. The summed E-state index contributed by atoms with van der Waals surface area (Å²) >= 11 is 1.61. The number of guanidine groups is 1. The molecule has 2 heterocycles. The number of nitrogens with zero attached hydrogens (tertiary/aromatic N) is 3. The van der Waals surface area contributed by atoms with Crippen LogP contribution >= 0.6 is 11.3 Å². The molecular formula is C20H26FN5OS. The van der Waals surface area contributed by atoms with Gasteiger partial charge in [-0.1, -0.05) is 0 Å². The number of hydrogen-bond donors (Lipinski definition) is 2. The zero-order valence-electron chi connectivity index (χ0n) is 16.6. The third kappa shape index (κ3) is 4.69. The molecule has 0 bridgehead atoms. The van der Waals surface area contributed by atoms with Crippen LogP contribution in [0.5, 0.6) is 0 Å². The number of rotatable bonds is 7. The van der Waals surface area contributed by atoms with Gasteiger partial charge in [-0.15, -0.1) is 11.3 Å². The van der Waals surface area contributed by atoms with Crippen LogP contribution in [0.25, 0.3) is 10.9 Å². The van der Waals surface area contributed by atoms with Crippen LogP contribution in [-0.4, -0.2) is 48.6 Å². The predicted molar refractivity (Wildman–Crippen MR) is 112 cm³/mol. The molecule has 0 amide bonds. The summed E-state index contributed by atoms with van der Waals surface area (Å²) in [5.74, 6) is 0.575. The molecule has 2 aromatic heterocycles. The quantitative estimate of drug-likeness (QED) is 0.466. The van der Waals surface area contributed by atoms with Crippen LogP contribution in [0.4, 0.5) is 4.39 Å². The lowest BCUT2D eigenvalue weighted by Gasteiger charge is -2.21. The molecule has 0 aliphatic carbocycles. The van der Waals surface area contributed by atoms with Crippen molar-refractivity contribution in [3.05, 3.63) is 51.9 Å². The molecule has 1 aromatic carbocycles. The lowest BCUT2D eigenvalue weighted by atomic mass is 10.1. The number of nitrogens with one attached hydrogen (secondary N) is 2. The van der Waals surface area contributed by atoms with Crippen molar-refractivity contribution in [1.29, 1.82) is 0 Å². The van der Waals surface area contributed by atoms with Crippen LogP contribution in [0.3, 0.4) is 0 Å². The van der Waals surface area contributed by atoms with Crippen molar-refractivity contribution in [2.45, 2.75) is 26.0 Å². The van der Waals surface area contributed by atoms with E-state index in [-0.39, 0.29) is 11.9 Å². The molecule has 0 saturated heterocycles. The molecule has 0 fully saturated rings. The minimum absolute atomic E-state index is 0.00569. The average molecular weight is 404 g/mol. The summed E-state index contributed by atoms with van der Waals surface area (Å²) in [7, 11) is 5.45. The Morgan fingerprint density at radius 3 is 3.04 bits per heavy atom. The number of aromatic amines is 1. The van der Waals surface area contributed by atoms with Gasteiger partial charge < -0.3 is 19.9 Å². The molecule has 0 aliphatic rings. The fourth-order valence-corrected chi connectivity index (χ4v) is 3.90. The topological polar surface area (TPSA) is 65.5 Å². The van der Waals surface area contributed by atoms with Gasteiger partial charge in [-0.3, -0.25) is 4.99 Å². The van der Waals surface area contributed by atoms with Crippen LogP contribution < -0.4 is 5.32 Å². The first-order chi connectivity index (χ1) is 13.5. The van der Waals surface area contributed by atoms with Crippen LogP contribution in [0.2, 0.25) is 0 Å². The van der Waals surface area contributed by atoms with Gasteiger partial charge in [-0.25, -0.2) is 9.37 Å². The Bertz CT molecular complexity index is 951. The Balaban J connectivity index is 1.55. The zero-order valence-corrected chi connectivity index (χ0v) is 17.4. The molecule has 3 aromatic rings. The van der Waals surface area contributed by atoms with E-state index in [0.29, 0.717) is 6.54 Å². The summed E-state index contributed by atoms with van der Waals surface area (Å²) < 4.78 is 18.6. The zero-order chi connectivity index (χ0) is 20.1. The number of ether oxygens (including phenoxy) is 1. The Morgan fingerprint density at radius 1 is 1.46 bits per heavy atom. The van der Waals surface area contributed by atoms with Crippen molar-refractivity contribution in [1.82, 2.24) is 20.2 Å². The highest BCUT2D eigenvalue weighted by Crippen LogP contribution is 2.21. The number of thiazole rings is 1.